The number of thioether (sulfide) groups is 1. The molecule has 0 saturated heterocycles. The van der Waals surface area contributed by atoms with Gasteiger partial charge in [0.1, 0.15) is 0 Å². The smallest absolute Gasteiger partial charge is 0.215 e. The molecule has 0 aliphatic carbocycles. The third kappa shape index (κ3) is 2.85. The molecule has 3 nitrogen and oxygen atoms in total. The van der Waals surface area contributed by atoms with E-state index in [4.69, 9.17) is 4.74 Å². The zero-order chi connectivity index (χ0) is 14.7. The molecule has 21 heavy (non-hydrogen) atoms. The Morgan fingerprint density at radius 1 is 1.10 bits per heavy atom. The Hall–Kier alpha value is -2.07. The number of nitrogens with zero attached hydrogens (tertiary/aromatic N) is 2. The SMILES string of the molecule is COc1cc2nccc(-c3ccc(CSC)cc3)c2cn1. The number of methoxy groups -OCH3 is 1. The minimum Gasteiger partial charge on any atom is -0.481 e. The van der Waals surface area contributed by atoms with E-state index in [0.717, 1.165) is 22.2 Å². The standard InChI is InChI=1S/C17H16N2OS/c1-20-17-9-16-15(10-19-17)14(7-8-18-16)13-5-3-12(4-6-13)11-21-2/h3-10H,11H2,1-2H3. The van der Waals surface area contributed by atoms with Crippen molar-refractivity contribution < 1.29 is 4.74 Å². The summed E-state index contributed by atoms with van der Waals surface area (Å²) in [7, 11) is 1.61. The summed E-state index contributed by atoms with van der Waals surface area (Å²) in [6.07, 6.45) is 5.77. The van der Waals surface area contributed by atoms with Gasteiger partial charge in [-0.15, -0.1) is 0 Å². The van der Waals surface area contributed by atoms with Gasteiger partial charge in [0.15, 0.2) is 0 Å². The first-order valence-electron chi connectivity index (χ1n) is 6.69. The van der Waals surface area contributed by atoms with Gasteiger partial charge in [-0.2, -0.15) is 11.8 Å². The number of aromatic nitrogens is 2. The van der Waals surface area contributed by atoms with Gasteiger partial charge in [-0.25, -0.2) is 4.98 Å². The molecule has 0 aliphatic rings. The molecule has 0 N–H and O–H groups in total. The van der Waals surface area contributed by atoms with E-state index in [-0.39, 0.29) is 0 Å². The second-order valence-electron chi connectivity index (χ2n) is 4.73. The predicted octanol–water partition coefficient (Wildman–Crippen LogP) is 4.17. The molecule has 0 aliphatic heterocycles. The zero-order valence-corrected chi connectivity index (χ0v) is 12.9. The Kier molecular flexibility index (Phi) is 4.06. The third-order valence-electron chi connectivity index (χ3n) is 3.39. The number of fused-ring (bicyclic) bond motifs is 1. The largest absolute Gasteiger partial charge is 0.481 e. The van der Waals surface area contributed by atoms with Gasteiger partial charge in [0.2, 0.25) is 5.88 Å². The van der Waals surface area contributed by atoms with Gasteiger partial charge in [0, 0.05) is 29.6 Å². The summed E-state index contributed by atoms with van der Waals surface area (Å²) in [6.45, 7) is 0. The minimum atomic E-state index is 0.586. The molecule has 0 atom stereocenters. The first-order valence-corrected chi connectivity index (χ1v) is 8.08. The van der Waals surface area contributed by atoms with Crippen molar-refractivity contribution in [2.45, 2.75) is 5.75 Å². The molecule has 0 unspecified atom stereocenters. The van der Waals surface area contributed by atoms with Crippen molar-refractivity contribution in [3.05, 3.63) is 54.4 Å². The highest BCUT2D eigenvalue weighted by Crippen LogP contribution is 2.28. The van der Waals surface area contributed by atoms with Crippen LogP contribution in [0.15, 0.2) is 48.8 Å². The molecule has 0 fully saturated rings. The monoisotopic (exact) mass is 296 g/mol. The molecule has 2 heterocycles. The lowest BCUT2D eigenvalue weighted by molar-refractivity contribution is 0.398. The van der Waals surface area contributed by atoms with Gasteiger partial charge in [0.25, 0.3) is 0 Å². The second-order valence-corrected chi connectivity index (χ2v) is 5.60. The molecular weight excluding hydrogens is 280 g/mol. The lowest BCUT2D eigenvalue weighted by Gasteiger charge is -2.08. The van der Waals surface area contributed by atoms with Crippen molar-refractivity contribution in [2.24, 2.45) is 0 Å². The average molecular weight is 296 g/mol. The van der Waals surface area contributed by atoms with Gasteiger partial charge in [0.05, 0.1) is 12.6 Å². The first-order chi connectivity index (χ1) is 10.3. The fraction of sp³-hybridized carbons (Fsp3) is 0.176. The molecule has 3 rings (SSSR count). The fourth-order valence-electron chi connectivity index (χ4n) is 2.33. The highest BCUT2D eigenvalue weighted by molar-refractivity contribution is 7.97. The minimum absolute atomic E-state index is 0.586. The Labute approximate surface area is 128 Å². The molecule has 1 aromatic carbocycles. The van der Waals surface area contributed by atoms with E-state index < -0.39 is 0 Å². The lowest BCUT2D eigenvalue weighted by atomic mass is 10.0. The molecule has 0 amide bonds. The average Bonchev–Trinajstić information content (AvgIpc) is 2.55. The van der Waals surface area contributed by atoms with Crippen molar-refractivity contribution in [2.75, 3.05) is 13.4 Å². The Morgan fingerprint density at radius 2 is 1.90 bits per heavy atom. The van der Waals surface area contributed by atoms with Gasteiger partial charge in [-0.3, -0.25) is 4.98 Å². The molecule has 4 heteroatoms. The maximum atomic E-state index is 5.16. The van der Waals surface area contributed by atoms with Crippen LogP contribution in [0.25, 0.3) is 22.0 Å². The van der Waals surface area contributed by atoms with Gasteiger partial charge < -0.3 is 4.74 Å². The van der Waals surface area contributed by atoms with Gasteiger partial charge >= 0.3 is 0 Å². The van der Waals surface area contributed by atoms with Crippen molar-refractivity contribution in [3.8, 4) is 17.0 Å². The predicted molar refractivity (Wildman–Crippen MR) is 88.7 cm³/mol. The lowest BCUT2D eigenvalue weighted by Crippen LogP contribution is -1.90. The van der Waals surface area contributed by atoms with Crippen LogP contribution >= 0.6 is 11.8 Å². The van der Waals surface area contributed by atoms with E-state index >= 15 is 0 Å². The van der Waals surface area contributed by atoms with Gasteiger partial charge in [-0.1, -0.05) is 24.3 Å². The first kappa shape index (κ1) is 13.9. The van der Waals surface area contributed by atoms with Crippen LogP contribution in [0, 0.1) is 0 Å². The molecule has 106 valence electrons. The summed E-state index contributed by atoms with van der Waals surface area (Å²) in [6, 6.07) is 12.6. The van der Waals surface area contributed by atoms with Crippen molar-refractivity contribution in [1.29, 1.82) is 0 Å². The molecule has 3 aromatic rings. The summed E-state index contributed by atoms with van der Waals surface area (Å²) in [5.74, 6) is 1.62. The normalized spacial score (nSPS) is 10.8. The van der Waals surface area contributed by atoms with Crippen molar-refractivity contribution in [3.63, 3.8) is 0 Å². The van der Waals surface area contributed by atoms with E-state index in [9.17, 15) is 0 Å². The maximum Gasteiger partial charge on any atom is 0.215 e. The highest BCUT2D eigenvalue weighted by Gasteiger charge is 2.06. The number of hydrogen-bond donors (Lipinski definition) is 0. The Morgan fingerprint density at radius 3 is 2.62 bits per heavy atom. The second kappa shape index (κ2) is 6.14. The number of pyridine rings is 2. The van der Waals surface area contributed by atoms with Crippen molar-refractivity contribution >= 4 is 22.7 Å². The van der Waals surface area contributed by atoms with Gasteiger partial charge in [-0.05, 0) is 29.0 Å². The van der Waals surface area contributed by atoms with Crippen LogP contribution in [0.3, 0.4) is 0 Å². The third-order valence-corrected chi connectivity index (χ3v) is 4.01. The van der Waals surface area contributed by atoms with Crippen LogP contribution in [0.2, 0.25) is 0 Å². The van der Waals surface area contributed by atoms with Crippen LogP contribution in [0.5, 0.6) is 5.88 Å². The van der Waals surface area contributed by atoms with E-state index in [2.05, 4.69) is 40.5 Å². The van der Waals surface area contributed by atoms with Crippen LogP contribution in [-0.4, -0.2) is 23.3 Å². The van der Waals surface area contributed by atoms with Crippen LogP contribution in [0.4, 0.5) is 0 Å². The van der Waals surface area contributed by atoms with E-state index in [1.165, 1.54) is 11.1 Å². The van der Waals surface area contributed by atoms with Crippen LogP contribution < -0.4 is 4.74 Å². The molecule has 0 bridgehead atoms. The number of rotatable bonds is 4. The highest BCUT2D eigenvalue weighted by atomic mass is 32.2. The molecule has 2 aromatic heterocycles. The summed E-state index contributed by atoms with van der Waals surface area (Å²) in [5.41, 5.74) is 4.56. The van der Waals surface area contributed by atoms with Crippen molar-refractivity contribution in [1.82, 2.24) is 9.97 Å². The topological polar surface area (TPSA) is 35.0 Å². The molecular formula is C17H16N2OS. The zero-order valence-electron chi connectivity index (χ0n) is 12.0. The number of ether oxygens (including phenoxy) is 1. The van der Waals surface area contributed by atoms with E-state index in [0.29, 0.717) is 5.88 Å². The number of hydrogen-bond acceptors (Lipinski definition) is 4. The van der Waals surface area contributed by atoms with E-state index in [1.54, 1.807) is 7.11 Å². The summed E-state index contributed by atoms with van der Waals surface area (Å²) >= 11 is 1.83. The fourth-order valence-corrected chi connectivity index (χ4v) is 2.86. The molecule has 0 spiro atoms. The van der Waals surface area contributed by atoms with E-state index in [1.807, 2.05) is 36.3 Å². The Balaban J connectivity index is 2.07. The quantitative estimate of drug-likeness (QED) is 0.724. The molecule has 0 saturated carbocycles. The Bertz CT molecular complexity index is 756. The number of benzene rings is 1. The summed E-state index contributed by atoms with van der Waals surface area (Å²) in [5, 5.41) is 1.04. The molecule has 0 radical (unpaired) electrons. The van der Waals surface area contributed by atoms with Crippen LogP contribution in [-0.2, 0) is 5.75 Å². The summed E-state index contributed by atoms with van der Waals surface area (Å²) < 4.78 is 5.16. The summed E-state index contributed by atoms with van der Waals surface area (Å²) in [4.78, 5) is 8.69. The van der Waals surface area contributed by atoms with Crippen LogP contribution in [0.1, 0.15) is 5.56 Å². The maximum absolute atomic E-state index is 5.16.